The highest BCUT2D eigenvalue weighted by Gasteiger charge is 2.15. The van der Waals surface area contributed by atoms with Crippen LogP contribution in [0.1, 0.15) is 35.7 Å². The van der Waals surface area contributed by atoms with Gasteiger partial charge in [-0.2, -0.15) is 0 Å². The number of rotatable bonds is 8. The first-order valence-electron chi connectivity index (χ1n) is 8.05. The van der Waals surface area contributed by atoms with Crippen LogP contribution < -0.4 is 10.0 Å². The van der Waals surface area contributed by atoms with E-state index in [9.17, 15) is 13.2 Å². The summed E-state index contributed by atoms with van der Waals surface area (Å²) in [6.45, 7) is 2.75. The van der Waals surface area contributed by atoms with Gasteiger partial charge in [0.2, 0.25) is 10.0 Å². The maximum absolute atomic E-state index is 12.4. The van der Waals surface area contributed by atoms with Gasteiger partial charge in [-0.05, 0) is 42.3 Å². The summed E-state index contributed by atoms with van der Waals surface area (Å²) in [4.78, 5) is 12.0. The van der Waals surface area contributed by atoms with Gasteiger partial charge in [-0.25, -0.2) is 13.1 Å². The Balaban J connectivity index is 2.02. The molecule has 0 fully saturated rings. The van der Waals surface area contributed by atoms with Gasteiger partial charge in [0, 0.05) is 23.7 Å². The fraction of sp³-hybridized carbons (Fsp3) is 0.278. The fourth-order valence-corrected chi connectivity index (χ4v) is 3.37. The van der Waals surface area contributed by atoms with Crippen LogP contribution in [0.3, 0.4) is 0 Å². The second-order valence-electron chi connectivity index (χ2n) is 5.55. The van der Waals surface area contributed by atoms with Gasteiger partial charge in [0.05, 0.1) is 4.90 Å². The summed E-state index contributed by atoms with van der Waals surface area (Å²) in [7, 11) is -3.68. The Kier molecular flexibility index (Phi) is 6.99. The van der Waals surface area contributed by atoms with Gasteiger partial charge in [-0.15, -0.1) is 0 Å². The Morgan fingerprint density at radius 2 is 1.76 bits per heavy atom. The van der Waals surface area contributed by atoms with E-state index in [4.69, 9.17) is 11.6 Å². The molecule has 2 N–H and O–H groups in total. The zero-order chi connectivity index (χ0) is 18.3. The lowest BCUT2D eigenvalue weighted by Gasteiger charge is -2.09. The van der Waals surface area contributed by atoms with E-state index in [-0.39, 0.29) is 17.3 Å². The van der Waals surface area contributed by atoms with E-state index in [1.165, 1.54) is 24.3 Å². The van der Waals surface area contributed by atoms with E-state index in [0.29, 0.717) is 22.7 Å². The Hall–Kier alpha value is -1.89. The number of hydrogen-bond acceptors (Lipinski definition) is 3. The maximum Gasteiger partial charge on any atom is 0.251 e. The van der Waals surface area contributed by atoms with E-state index in [2.05, 4.69) is 10.0 Å². The number of halogens is 1. The molecule has 0 aliphatic rings. The minimum atomic E-state index is -3.68. The van der Waals surface area contributed by atoms with Crippen molar-refractivity contribution in [3.8, 4) is 0 Å². The second kappa shape index (κ2) is 8.99. The Morgan fingerprint density at radius 1 is 1.08 bits per heavy atom. The van der Waals surface area contributed by atoms with Crippen LogP contribution in [0.25, 0.3) is 0 Å². The average molecular weight is 381 g/mol. The van der Waals surface area contributed by atoms with E-state index < -0.39 is 10.0 Å². The first-order valence-corrected chi connectivity index (χ1v) is 9.91. The lowest BCUT2D eigenvalue weighted by atomic mass is 10.2. The third kappa shape index (κ3) is 5.56. The standard InChI is InChI=1S/C18H21ClN2O3S/c1-2-3-12-20-18(22)14-8-10-16(11-9-14)25(23,24)21-13-15-6-4-5-7-17(15)19/h4-11,21H,2-3,12-13H2,1H3,(H,20,22). The van der Waals surface area contributed by atoms with Crippen LogP contribution in [0.4, 0.5) is 0 Å². The molecule has 0 spiro atoms. The van der Waals surface area contributed by atoms with Crippen LogP contribution >= 0.6 is 11.6 Å². The van der Waals surface area contributed by atoms with Crippen molar-refractivity contribution in [2.45, 2.75) is 31.2 Å². The summed E-state index contributed by atoms with van der Waals surface area (Å²) < 4.78 is 27.2. The summed E-state index contributed by atoms with van der Waals surface area (Å²) in [6, 6.07) is 12.9. The first kappa shape index (κ1) is 19.4. The molecule has 2 rings (SSSR count). The topological polar surface area (TPSA) is 75.3 Å². The van der Waals surface area contributed by atoms with Crippen LogP contribution in [0.15, 0.2) is 53.4 Å². The van der Waals surface area contributed by atoms with E-state index >= 15 is 0 Å². The van der Waals surface area contributed by atoms with E-state index in [1.54, 1.807) is 24.3 Å². The number of benzene rings is 2. The highest BCUT2D eigenvalue weighted by molar-refractivity contribution is 7.89. The molecule has 0 saturated carbocycles. The monoisotopic (exact) mass is 380 g/mol. The van der Waals surface area contributed by atoms with Crippen LogP contribution in [0, 0.1) is 0 Å². The number of unbranched alkanes of at least 4 members (excludes halogenated alkanes) is 1. The molecule has 5 nitrogen and oxygen atoms in total. The molecule has 2 aromatic carbocycles. The second-order valence-corrected chi connectivity index (χ2v) is 7.72. The SMILES string of the molecule is CCCCNC(=O)c1ccc(S(=O)(=O)NCc2ccccc2Cl)cc1. The van der Waals surface area contributed by atoms with Gasteiger partial charge >= 0.3 is 0 Å². The van der Waals surface area contributed by atoms with Gasteiger partial charge in [-0.3, -0.25) is 4.79 Å². The highest BCUT2D eigenvalue weighted by Crippen LogP contribution is 2.16. The highest BCUT2D eigenvalue weighted by atomic mass is 35.5. The van der Waals surface area contributed by atoms with Crippen molar-refractivity contribution in [2.24, 2.45) is 0 Å². The lowest BCUT2D eigenvalue weighted by Crippen LogP contribution is -2.25. The Labute approximate surface area is 153 Å². The van der Waals surface area contributed by atoms with Gasteiger partial charge in [-0.1, -0.05) is 43.1 Å². The third-order valence-corrected chi connectivity index (χ3v) is 5.44. The van der Waals surface area contributed by atoms with Crippen LogP contribution in [-0.2, 0) is 16.6 Å². The molecule has 2 aromatic rings. The number of hydrogen-bond donors (Lipinski definition) is 2. The summed E-state index contributed by atoms with van der Waals surface area (Å²) in [5, 5.41) is 3.30. The number of carbonyl (C=O) groups is 1. The van der Waals surface area contributed by atoms with Crippen LogP contribution in [-0.4, -0.2) is 20.9 Å². The predicted molar refractivity (Wildman–Crippen MR) is 99.2 cm³/mol. The van der Waals surface area contributed by atoms with Crippen molar-refractivity contribution in [1.29, 1.82) is 0 Å². The van der Waals surface area contributed by atoms with Gasteiger partial charge in [0.1, 0.15) is 0 Å². The molecule has 0 aliphatic heterocycles. The number of amides is 1. The normalized spacial score (nSPS) is 11.3. The molecule has 1 amide bonds. The van der Waals surface area contributed by atoms with Crippen molar-refractivity contribution < 1.29 is 13.2 Å². The molecule has 0 aromatic heterocycles. The number of carbonyl (C=O) groups excluding carboxylic acids is 1. The van der Waals surface area contributed by atoms with Crippen molar-refractivity contribution in [2.75, 3.05) is 6.54 Å². The van der Waals surface area contributed by atoms with Crippen molar-refractivity contribution >= 4 is 27.5 Å². The number of nitrogens with one attached hydrogen (secondary N) is 2. The van der Waals surface area contributed by atoms with Gasteiger partial charge < -0.3 is 5.32 Å². The molecule has 134 valence electrons. The molecular weight excluding hydrogens is 360 g/mol. The average Bonchev–Trinajstić information content (AvgIpc) is 2.61. The molecule has 0 bridgehead atoms. The molecule has 0 aliphatic carbocycles. The molecule has 0 atom stereocenters. The minimum Gasteiger partial charge on any atom is -0.352 e. The Bertz CT molecular complexity index is 820. The van der Waals surface area contributed by atoms with Crippen molar-refractivity contribution in [1.82, 2.24) is 10.0 Å². The summed E-state index contributed by atoms with van der Waals surface area (Å²) in [5.74, 6) is -0.207. The zero-order valence-corrected chi connectivity index (χ0v) is 15.5. The molecule has 7 heteroatoms. The third-order valence-electron chi connectivity index (χ3n) is 3.65. The molecule has 25 heavy (non-hydrogen) atoms. The van der Waals surface area contributed by atoms with Gasteiger partial charge in [0.25, 0.3) is 5.91 Å². The largest absolute Gasteiger partial charge is 0.352 e. The molecular formula is C18H21ClN2O3S. The molecule has 0 heterocycles. The molecule has 0 saturated heterocycles. The summed E-state index contributed by atoms with van der Waals surface area (Å²) >= 11 is 6.03. The van der Waals surface area contributed by atoms with Crippen molar-refractivity contribution in [3.05, 3.63) is 64.7 Å². The smallest absolute Gasteiger partial charge is 0.251 e. The number of sulfonamides is 1. The van der Waals surface area contributed by atoms with E-state index in [0.717, 1.165) is 12.8 Å². The fourth-order valence-electron chi connectivity index (χ4n) is 2.16. The predicted octanol–water partition coefficient (Wildman–Crippen LogP) is 3.35. The quantitative estimate of drug-likeness (QED) is 0.689. The lowest BCUT2D eigenvalue weighted by molar-refractivity contribution is 0.0953. The minimum absolute atomic E-state index is 0.0985. The van der Waals surface area contributed by atoms with Crippen LogP contribution in [0.2, 0.25) is 5.02 Å². The maximum atomic E-state index is 12.4. The molecule has 0 radical (unpaired) electrons. The van der Waals surface area contributed by atoms with Crippen LogP contribution in [0.5, 0.6) is 0 Å². The van der Waals surface area contributed by atoms with Gasteiger partial charge in [0.15, 0.2) is 0 Å². The Morgan fingerprint density at radius 3 is 2.40 bits per heavy atom. The van der Waals surface area contributed by atoms with Crippen molar-refractivity contribution in [3.63, 3.8) is 0 Å². The summed E-state index contributed by atoms with van der Waals surface area (Å²) in [6.07, 6.45) is 1.90. The molecule has 0 unspecified atom stereocenters. The zero-order valence-electron chi connectivity index (χ0n) is 14.0. The summed E-state index contributed by atoms with van der Waals surface area (Å²) in [5.41, 5.74) is 1.13. The van der Waals surface area contributed by atoms with E-state index in [1.807, 2.05) is 6.92 Å². The first-order chi connectivity index (χ1) is 11.9.